The van der Waals surface area contributed by atoms with Gasteiger partial charge in [0.05, 0.1) is 21.4 Å². The predicted molar refractivity (Wildman–Crippen MR) is 91.1 cm³/mol. The molecule has 0 saturated carbocycles. The smallest absolute Gasteiger partial charge is 0.320 e. The highest BCUT2D eigenvalue weighted by molar-refractivity contribution is 6.55. The summed E-state index contributed by atoms with van der Waals surface area (Å²) in [5.41, 5.74) is 6.00. The minimum atomic E-state index is -1.00. The molecule has 6 nitrogen and oxygen atoms in total. The van der Waals surface area contributed by atoms with Gasteiger partial charge < -0.3 is 20.9 Å². The van der Waals surface area contributed by atoms with E-state index in [0.29, 0.717) is 0 Å². The largest absolute Gasteiger partial charge is 0.505 e. The van der Waals surface area contributed by atoms with E-state index >= 15 is 0 Å². The van der Waals surface area contributed by atoms with E-state index in [1.807, 2.05) is 0 Å². The summed E-state index contributed by atoms with van der Waals surface area (Å²) in [4.78, 5) is 16.8. The number of aromatic amines is 1. The number of phenols is 1. The Morgan fingerprint density at radius 1 is 1.13 bits per heavy atom. The van der Waals surface area contributed by atoms with Crippen molar-refractivity contribution in [2.75, 3.05) is 0 Å². The van der Waals surface area contributed by atoms with Gasteiger partial charge in [-0.2, -0.15) is 0 Å². The first-order valence-electron chi connectivity index (χ1n) is 5.82. The summed E-state index contributed by atoms with van der Waals surface area (Å²) >= 11 is 27.9. The third-order valence-corrected chi connectivity index (χ3v) is 4.76. The van der Waals surface area contributed by atoms with E-state index in [9.17, 15) is 9.90 Å². The number of nitrogens with one attached hydrogen (secondary N) is 1. The van der Waals surface area contributed by atoms with Crippen LogP contribution in [0.5, 0.6) is 5.75 Å². The zero-order valence-electron chi connectivity index (χ0n) is 11.2. The SMILES string of the molecule is N[C@@H](Cc1cnc[nH]1)C(=O)O.Oc1c(Cl)c(Cl)c(Cl)c(Cl)c1Cl. The van der Waals surface area contributed by atoms with Crippen LogP contribution in [-0.4, -0.2) is 32.2 Å². The number of imidazole rings is 1. The molecule has 2 rings (SSSR count). The molecule has 5 N–H and O–H groups in total. The van der Waals surface area contributed by atoms with Crippen LogP contribution in [0.25, 0.3) is 0 Å². The van der Waals surface area contributed by atoms with Crippen molar-refractivity contribution < 1.29 is 15.0 Å². The minimum absolute atomic E-state index is 0.00904. The molecule has 1 aromatic heterocycles. The maximum atomic E-state index is 10.3. The number of aromatic hydroxyl groups is 1. The van der Waals surface area contributed by atoms with Crippen LogP contribution in [0.3, 0.4) is 0 Å². The Balaban J connectivity index is 0.000000231. The van der Waals surface area contributed by atoms with E-state index < -0.39 is 12.0 Å². The quantitative estimate of drug-likeness (QED) is 0.442. The molecule has 0 aliphatic rings. The van der Waals surface area contributed by atoms with E-state index in [0.717, 1.165) is 5.69 Å². The number of aliphatic carboxylic acids is 1. The molecule has 1 atom stereocenters. The number of nitrogens with two attached hydrogens (primary N) is 1. The van der Waals surface area contributed by atoms with Crippen molar-refractivity contribution in [2.24, 2.45) is 5.73 Å². The fourth-order valence-electron chi connectivity index (χ4n) is 1.31. The van der Waals surface area contributed by atoms with Crippen LogP contribution in [0.2, 0.25) is 25.1 Å². The lowest BCUT2D eigenvalue weighted by molar-refractivity contribution is -0.138. The molecule has 0 radical (unpaired) electrons. The lowest BCUT2D eigenvalue weighted by atomic mass is 10.2. The van der Waals surface area contributed by atoms with E-state index in [4.69, 9.17) is 68.8 Å². The second kappa shape index (κ2) is 8.82. The van der Waals surface area contributed by atoms with Gasteiger partial charge in [0, 0.05) is 18.3 Å². The Hall–Kier alpha value is -0.890. The molecule has 0 unspecified atom stereocenters. The van der Waals surface area contributed by atoms with Gasteiger partial charge in [0.15, 0.2) is 5.75 Å². The number of hydrogen-bond donors (Lipinski definition) is 4. The summed E-state index contributed by atoms with van der Waals surface area (Å²) < 4.78 is 0. The van der Waals surface area contributed by atoms with E-state index in [1.54, 1.807) is 6.20 Å². The summed E-state index contributed by atoms with van der Waals surface area (Å²) in [6.45, 7) is 0. The highest BCUT2D eigenvalue weighted by Gasteiger charge is 2.18. The Bertz CT molecular complexity index is 589. The number of carbonyl (C=O) groups is 1. The topological polar surface area (TPSA) is 112 Å². The van der Waals surface area contributed by atoms with Gasteiger partial charge in [0.25, 0.3) is 0 Å². The molecule has 0 bridgehead atoms. The van der Waals surface area contributed by atoms with Crippen LogP contribution in [0.4, 0.5) is 0 Å². The molecule has 0 fully saturated rings. The molecule has 0 amide bonds. The molecule has 0 aliphatic heterocycles. The van der Waals surface area contributed by atoms with Gasteiger partial charge in [-0.15, -0.1) is 0 Å². The number of carboxylic acid groups (broad SMARTS) is 1. The normalized spacial score (nSPS) is 11.6. The zero-order valence-corrected chi connectivity index (χ0v) is 14.9. The molecular formula is C12H10Cl5N3O3. The fourth-order valence-corrected chi connectivity index (χ4v) is 2.44. The Labute approximate surface area is 156 Å². The second-order valence-electron chi connectivity index (χ2n) is 4.14. The van der Waals surface area contributed by atoms with Crippen molar-refractivity contribution in [1.82, 2.24) is 9.97 Å². The van der Waals surface area contributed by atoms with Gasteiger partial charge in [-0.1, -0.05) is 58.0 Å². The molecule has 0 saturated heterocycles. The van der Waals surface area contributed by atoms with Gasteiger partial charge in [-0.25, -0.2) is 4.98 Å². The predicted octanol–water partition coefficient (Wildman–Crippen LogP) is 4.02. The van der Waals surface area contributed by atoms with Crippen LogP contribution in [0.1, 0.15) is 5.69 Å². The Morgan fingerprint density at radius 3 is 2.00 bits per heavy atom. The average molecular weight is 421 g/mol. The molecule has 0 aliphatic carbocycles. The molecule has 2 aromatic rings. The van der Waals surface area contributed by atoms with Crippen LogP contribution in [0, 0.1) is 0 Å². The third-order valence-electron chi connectivity index (χ3n) is 2.50. The first-order valence-corrected chi connectivity index (χ1v) is 7.71. The standard InChI is InChI=1S/C6HCl5O.C6H9N3O2/c7-1-2(8)4(10)6(12)5(11)3(1)9;7-5(6(10)11)1-4-2-8-3-9-4/h12H;2-3,5H,1,7H2,(H,8,9)(H,10,11)/t;5-/m.0/s1. The van der Waals surface area contributed by atoms with Crippen molar-refractivity contribution in [1.29, 1.82) is 0 Å². The first kappa shape index (κ1) is 20.2. The van der Waals surface area contributed by atoms with Crippen molar-refractivity contribution in [3.8, 4) is 5.75 Å². The number of halogens is 5. The van der Waals surface area contributed by atoms with Gasteiger partial charge in [0.1, 0.15) is 16.1 Å². The molecule has 11 heteroatoms. The second-order valence-corrected chi connectivity index (χ2v) is 6.03. The number of aromatic nitrogens is 2. The molecule has 1 aromatic carbocycles. The van der Waals surface area contributed by atoms with Gasteiger partial charge in [0.2, 0.25) is 0 Å². The first-order chi connectivity index (χ1) is 10.7. The van der Waals surface area contributed by atoms with Gasteiger partial charge >= 0.3 is 5.97 Å². The monoisotopic (exact) mass is 419 g/mol. The minimum Gasteiger partial charge on any atom is -0.505 e. The summed E-state index contributed by atoms with van der Waals surface area (Å²) in [6.07, 6.45) is 3.34. The number of nitrogens with zero attached hydrogens (tertiary/aromatic N) is 1. The molecule has 0 spiro atoms. The molecule has 1 heterocycles. The van der Waals surface area contributed by atoms with Crippen LogP contribution in [-0.2, 0) is 11.2 Å². The highest BCUT2D eigenvalue weighted by atomic mass is 35.5. The number of phenolic OH excluding ortho intramolecular Hbond substituents is 1. The number of carboxylic acids is 1. The maximum Gasteiger partial charge on any atom is 0.320 e. The van der Waals surface area contributed by atoms with Gasteiger partial charge in [-0.05, 0) is 0 Å². The van der Waals surface area contributed by atoms with Crippen LogP contribution in [0.15, 0.2) is 12.5 Å². The summed E-state index contributed by atoms with van der Waals surface area (Å²) in [5.74, 6) is -1.36. The van der Waals surface area contributed by atoms with Crippen molar-refractivity contribution in [3.63, 3.8) is 0 Å². The highest BCUT2D eigenvalue weighted by Crippen LogP contribution is 2.47. The number of benzene rings is 1. The number of H-pyrrole nitrogens is 1. The zero-order chi connectivity index (χ0) is 17.7. The Morgan fingerprint density at radius 2 is 1.61 bits per heavy atom. The molecular weight excluding hydrogens is 411 g/mol. The maximum absolute atomic E-state index is 10.3. The van der Waals surface area contributed by atoms with E-state index in [2.05, 4.69) is 9.97 Å². The summed E-state index contributed by atoms with van der Waals surface area (Å²) in [6, 6.07) is -0.851. The van der Waals surface area contributed by atoms with Crippen LogP contribution >= 0.6 is 58.0 Å². The lowest BCUT2D eigenvalue weighted by Gasteiger charge is -2.06. The molecule has 126 valence electrons. The average Bonchev–Trinajstić information content (AvgIpc) is 3.02. The Kier molecular flexibility index (Phi) is 7.73. The van der Waals surface area contributed by atoms with Crippen molar-refractivity contribution in [2.45, 2.75) is 12.5 Å². The van der Waals surface area contributed by atoms with E-state index in [-0.39, 0.29) is 37.3 Å². The molecule has 23 heavy (non-hydrogen) atoms. The lowest BCUT2D eigenvalue weighted by Crippen LogP contribution is -2.32. The summed E-state index contributed by atoms with van der Waals surface area (Å²) in [7, 11) is 0. The van der Waals surface area contributed by atoms with Crippen molar-refractivity contribution in [3.05, 3.63) is 43.3 Å². The van der Waals surface area contributed by atoms with E-state index in [1.165, 1.54) is 6.33 Å². The van der Waals surface area contributed by atoms with Crippen molar-refractivity contribution >= 4 is 64.0 Å². The van der Waals surface area contributed by atoms with Gasteiger partial charge in [-0.3, -0.25) is 4.79 Å². The third kappa shape index (κ3) is 5.31. The summed E-state index contributed by atoms with van der Waals surface area (Å²) in [5, 5.41) is 17.4. The fraction of sp³-hybridized carbons (Fsp3) is 0.167. The van der Waals surface area contributed by atoms with Crippen LogP contribution < -0.4 is 5.73 Å². The number of hydrogen-bond acceptors (Lipinski definition) is 4. The number of rotatable bonds is 3.